The van der Waals surface area contributed by atoms with Gasteiger partial charge in [-0.3, -0.25) is 4.79 Å². The number of unbranched alkanes of at least 4 members (excludes halogenated alkanes) is 16. The molecular formula is C50H84O4. The van der Waals surface area contributed by atoms with Gasteiger partial charge in [0, 0.05) is 13.0 Å². The molecule has 0 amide bonds. The molecule has 0 rings (SSSR count). The lowest BCUT2D eigenvalue weighted by Gasteiger charge is -2.15. The van der Waals surface area contributed by atoms with Gasteiger partial charge in [0.1, 0.15) is 6.10 Å². The van der Waals surface area contributed by atoms with Crippen LogP contribution in [0.5, 0.6) is 0 Å². The van der Waals surface area contributed by atoms with Gasteiger partial charge in [0.2, 0.25) is 0 Å². The van der Waals surface area contributed by atoms with Crippen molar-refractivity contribution >= 4 is 5.97 Å². The van der Waals surface area contributed by atoms with E-state index in [0.717, 1.165) is 77.0 Å². The van der Waals surface area contributed by atoms with Crippen LogP contribution in [0.25, 0.3) is 0 Å². The molecule has 0 aliphatic rings. The number of allylic oxidation sites excluding steroid dienone is 16. The van der Waals surface area contributed by atoms with E-state index in [1.54, 1.807) is 0 Å². The Hall–Kier alpha value is -2.69. The lowest BCUT2D eigenvalue weighted by Crippen LogP contribution is -2.27. The summed E-state index contributed by atoms with van der Waals surface area (Å²) in [7, 11) is 0. The number of rotatable bonds is 40. The molecule has 4 nitrogen and oxygen atoms in total. The Balaban J connectivity index is 3.55. The number of ether oxygens (including phenoxy) is 2. The Kier molecular flexibility index (Phi) is 44.1. The average molecular weight is 749 g/mol. The highest BCUT2D eigenvalue weighted by molar-refractivity contribution is 5.69. The van der Waals surface area contributed by atoms with Crippen molar-refractivity contribution in [3.8, 4) is 0 Å². The van der Waals surface area contributed by atoms with E-state index in [4.69, 9.17) is 9.47 Å². The molecule has 0 saturated carbocycles. The first-order valence-corrected chi connectivity index (χ1v) is 22.3. The molecule has 0 aliphatic heterocycles. The van der Waals surface area contributed by atoms with Crippen LogP contribution < -0.4 is 0 Å². The van der Waals surface area contributed by atoms with Gasteiger partial charge >= 0.3 is 5.97 Å². The fourth-order valence-corrected chi connectivity index (χ4v) is 5.83. The molecule has 54 heavy (non-hydrogen) atoms. The molecule has 0 aliphatic carbocycles. The summed E-state index contributed by atoms with van der Waals surface area (Å²) >= 11 is 0. The summed E-state index contributed by atoms with van der Waals surface area (Å²) in [5, 5.41) is 9.61. The summed E-state index contributed by atoms with van der Waals surface area (Å²) in [5.74, 6) is -0.220. The predicted octanol–water partition coefficient (Wildman–Crippen LogP) is 14.9. The van der Waals surface area contributed by atoms with Crippen molar-refractivity contribution in [2.24, 2.45) is 0 Å². The van der Waals surface area contributed by atoms with Crippen LogP contribution in [0.15, 0.2) is 97.2 Å². The van der Waals surface area contributed by atoms with Crippen molar-refractivity contribution in [3.05, 3.63) is 97.2 Å². The largest absolute Gasteiger partial charge is 0.457 e. The van der Waals surface area contributed by atoms with Crippen molar-refractivity contribution in [3.63, 3.8) is 0 Å². The van der Waals surface area contributed by atoms with E-state index >= 15 is 0 Å². The van der Waals surface area contributed by atoms with E-state index in [1.165, 1.54) is 89.9 Å². The van der Waals surface area contributed by atoms with Crippen LogP contribution in [-0.4, -0.2) is 37.0 Å². The molecule has 0 aromatic carbocycles. The highest BCUT2D eigenvalue weighted by Crippen LogP contribution is 2.12. The number of aliphatic hydroxyl groups excluding tert-OH is 1. The topological polar surface area (TPSA) is 55.8 Å². The van der Waals surface area contributed by atoms with Gasteiger partial charge in [-0.2, -0.15) is 0 Å². The second-order valence-corrected chi connectivity index (χ2v) is 14.4. The third-order valence-electron chi connectivity index (χ3n) is 9.14. The lowest BCUT2D eigenvalue weighted by atomic mass is 10.1. The summed E-state index contributed by atoms with van der Waals surface area (Å²) in [6.07, 6.45) is 66.1. The minimum Gasteiger partial charge on any atom is -0.457 e. The zero-order valence-corrected chi connectivity index (χ0v) is 35.2. The number of hydrogen-bond acceptors (Lipinski definition) is 4. The quantitative estimate of drug-likeness (QED) is 0.0385. The normalized spacial score (nSPS) is 13.3. The molecule has 1 unspecified atom stereocenters. The Morgan fingerprint density at radius 2 is 0.833 bits per heavy atom. The van der Waals surface area contributed by atoms with Gasteiger partial charge in [-0.15, -0.1) is 0 Å². The fraction of sp³-hybridized carbons (Fsp3) is 0.660. The van der Waals surface area contributed by atoms with Gasteiger partial charge < -0.3 is 14.6 Å². The number of carbonyl (C=O) groups excluding carboxylic acids is 1. The van der Waals surface area contributed by atoms with Crippen molar-refractivity contribution in [2.45, 2.75) is 193 Å². The molecule has 308 valence electrons. The predicted molar refractivity (Wildman–Crippen MR) is 237 cm³/mol. The smallest absolute Gasteiger partial charge is 0.306 e. The van der Waals surface area contributed by atoms with Gasteiger partial charge in [-0.05, 0) is 96.3 Å². The maximum Gasteiger partial charge on any atom is 0.306 e. The zero-order valence-electron chi connectivity index (χ0n) is 35.2. The maximum atomic E-state index is 12.2. The summed E-state index contributed by atoms with van der Waals surface area (Å²) in [4.78, 5) is 12.2. The van der Waals surface area contributed by atoms with Crippen LogP contribution in [0, 0.1) is 0 Å². The van der Waals surface area contributed by atoms with Crippen LogP contribution >= 0.6 is 0 Å². The summed E-state index contributed by atoms with van der Waals surface area (Å²) < 4.78 is 11.2. The standard InChI is InChI=1S/C50H84O4/c1-3-5-7-9-11-13-15-17-19-21-23-24-25-26-27-28-30-32-34-36-38-40-42-44-46-53-48-49(47-51)54-50(52)45-43-41-39-37-35-33-31-29-22-20-18-16-14-12-10-8-6-4-2/h5,7,11,13-14,16-17,19-20,22-24,26-27,30,32,49,51H,3-4,6,8-10,12,15,18,21,25,28-29,31,33-48H2,1-2H3/b7-5-,13-11-,16-14-,19-17-,22-20-,24-23-,27-26-,32-30-. The average Bonchev–Trinajstić information content (AvgIpc) is 3.18. The Labute approximate surface area is 334 Å². The summed E-state index contributed by atoms with van der Waals surface area (Å²) in [6.45, 7) is 5.15. The molecule has 4 heteroatoms. The van der Waals surface area contributed by atoms with Gasteiger partial charge in [-0.1, -0.05) is 182 Å². The first-order chi connectivity index (χ1) is 26.7. The molecule has 0 fully saturated rings. The van der Waals surface area contributed by atoms with E-state index in [-0.39, 0.29) is 19.2 Å². The molecule has 0 aromatic heterocycles. The molecular weight excluding hydrogens is 665 g/mol. The molecule has 0 spiro atoms. The Bertz CT molecular complexity index is 1010. The molecule has 0 heterocycles. The molecule has 0 bridgehead atoms. The molecule has 1 atom stereocenters. The van der Waals surface area contributed by atoms with Crippen molar-refractivity contribution in [1.82, 2.24) is 0 Å². The molecule has 0 saturated heterocycles. The van der Waals surface area contributed by atoms with E-state index in [0.29, 0.717) is 13.0 Å². The molecule has 0 radical (unpaired) electrons. The maximum absolute atomic E-state index is 12.2. The monoisotopic (exact) mass is 749 g/mol. The second kappa shape index (κ2) is 46.5. The van der Waals surface area contributed by atoms with E-state index in [1.807, 2.05) is 0 Å². The van der Waals surface area contributed by atoms with Crippen molar-refractivity contribution in [2.75, 3.05) is 19.8 Å². The van der Waals surface area contributed by atoms with Gasteiger partial charge in [0.25, 0.3) is 0 Å². The van der Waals surface area contributed by atoms with Crippen LogP contribution in [0.1, 0.15) is 187 Å². The summed E-state index contributed by atoms with van der Waals surface area (Å²) in [6, 6.07) is 0. The number of aliphatic hydroxyl groups is 1. The first-order valence-electron chi connectivity index (χ1n) is 22.3. The SMILES string of the molecule is CC/C=C\C/C=C\C/C=C\C/C=C\C/C=C\C/C=C\CCCCCCCOCC(CO)OC(=O)CCCCCCCCC/C=C\C/C=C\CCCCCC. The van der Waals surface area contributed by atoms with E-state index in [9.17, 15) is 9.90 Å². The number of carbonyl (C=O) groups is 1. The molecule has 0 aromatic rings. The van der Waals surface area contributed by atoms with E-state index < -0.39 is 6.10 Å². The van der Waals surface area contributed by atoms with Crippen LogP contribution in [0.3, 0.4) is 0 Å². The highest BCUT2D eigenvalue weighted by Gasteiger charge is 2.13. The fourth-order valence-electron chi connectivity index (χ4n) is 5.83. The highest BCUT2D eigenvalue weighted by atomic mass is 16.6. The van der Waals surface area contributed by atoms with Crippen LogP contribution in [-0.2, 0) is 14.3 Å². The van der Waals surface area contributed by atoms with Gasteiger partial charge in [-0.25, -0.2) is 0 Å². The van der Waals surface area contributed by atoms with Crippen molar-refractivity contribution < 1.29 is 19.4 Å². The summed E-state index contributed by atoms with van der Waals surface area (Å²) in [5.41, 5.74) is 0. The van der Waals surface area contributed by atoms with Gasteiger partial charge in [0.05, 0.1) is 13.2 Å². The van der Waals surface area contributed by atoms with E-state index in [2.05, 4.69) is 111 Å². The van der Waals surface area contributed by atoms with Crippen LogP contribution in [0.4, 0.5) is 0 Å². The zero-order chi connectivity index (χ0) is 39.1. The third-order valence-corrected chi connectivity index (χ3v) is 9.14. The second-order valence-electron chi connectivity index (χ2n) is 14.4. The number of esters is 1. The minimum atomic E-state index is -0.556. The molecule has 1 N–H and O–H groups in total. The van der Waals surface area contributed by atoms with Crippen molar-refractivity contribution in [1.29, 1.82) is 0 Å². The Morgan fingerprint density at radius 3 is 1.26 bits per heavy atom. The van der Waals surface area contributed by atoms with Gasteiger partial charge in [0.15, 0.2) is 0 Å². The van der Waals surface area contributed by atoms with Crippen LogP contribution in [0.2, 0.25) is 0 Å². The Morgan fingerprint density at radius 1 is 0.463 bits per heavy atom. The third kappa shape index (κ3) is 43.7. The number of hydrogen-bond donors (Lipinski definition) is 1. The lowest BCUT2D eigenvalue weighted by molar-refractivity contribution is -0.154. The first kappa shape index (κ1) is 51.3. The minimum absolute atomic E-state index is 0.189.